The number of rotatable bonds is 14. The summed E-state index contributed by atoms with van der Waals surface area (Å²) in [5.74, 6) is 2.64. The van der Waals surface area contributed by atoms with E-state index < -0.39 is 0 Å². The Morgan fingerprint density at radius 3 is 2.00 bits per heavy atom. The van der Waals surface area contributed by atoms with E-state index in [1.54, 1.807) is 6.08 Å². The summed E-state index contributed by atoms with van der Waals surface area (Å²) < 4.78 is 11.7. The number of ether oxygens (including phenoxy) is 2. The number of ketones is 1. The average molecular weight is 427 g/mol. The van der Waals surface area contributed by atoms with Crippen molar-refractivity contribution in [3.8, 4) is 11.5 Å². The normalized spacial score (nSPS) is 11.0. The molecule has 0 aliphatic rings. The van der Waals surface area contributed by atoms with Gasteiger partial charge in [0.25, 0.3) is 0 Å². The van der Waals surface area contributed by atoms with Crippen LogP contribution in [0, 0.1) is 0 Å². The monoisotopic (exact) mass is 426 g/mol. The molecule has 0 atom stereocenters. The Bertz CT molecular complexity index is 768. The minimum Gasteiger partial charge on any atom is -0.493 e. The van der Waals surface area contributed by atoms with Crippen molar-refractivity contribution in [2.24, 2.45) is 0 Å². The molecule has 0 unspecified atom stereocenters. The van der Waals surface area contributed by atoms with Gasteiger partial charge < -0.3 is 9.47 Å². The van der Waals surface area contributed by atoms with Gasteiger partial charge in [0.2, 0.25) is 0 Å². The number of thioether (sulfide) groups is 1. The van der Waals surface area contributed by atoms with Crippen LogP contribution in [-0.4, -0.2) is 24.7 Å². The van der Waals surface area contributed by atoms with Crippen molar-refractivity contribution in [1.29, 1.82) is 0 Å². The second-order valence-corrected chi connectivity index (χ2v) is 8.38. The van der Waals surface area contributed by atoms with Crippen molar-refractivity contribution in [1.82, 2.24) is 0 Å². The highest BCUT2D eigenvalue weighted by Crippen LogP contribution is 2.25. The Hall–Kier alpha value is -2.20. The Balaban J connectivity index is 2.09. The zero-order chi connectivity index (χ0) is 21.6. The first kappa shape index (κ1) is 24.1. The molecule has 0 spiro atoms. The van der Waals surface area contributed by atoms with Crippen LogP contribution in [-0.2, 0) is 0 Å². The van der Waals surface area contributed by atoms with Crippen LogP contribution in [0.3, 0.4) is 0 Å². The summed E-state index contributed by atoms with van der Waals surface area (Å²) in [6, 6.07) is 13.7. The maximum atomic E-state index is 12.6. The predicted octanol–water partition coefficient (Wildman–Crippen LogP) is 7.44. The van der Waals surface area contributed by atoms with Gasteiger partial charge in [-0.3, -0.25) is 4.79 Å². The van der Waals surface area contributed by atoms with E-state index in [0.29, 0.717) is 18.8 Å². The van der Waals surface area contributed by atoms with Crippen LogP contribution in [0.25, 0.3) is 6.08 Å². The average Bonchev–Trinajstić information content (AvgIpc) is 2.77. The first-order valence-corrected chi connectivity index (χ1v) is 12.0. The number of hydrogen-bond donors (Lipinski definition) is 0. The molecular weight excluding hydrogens is 392 g/mol. The minimum absolute atomic E-state index is 0.00667. The van der Waals surface area contributed by atoms with Gasteiger partial charge in [0.1, 0.15) is 11.5 Å². The summed E-state index contributed by atoms with van der Waals surface area (Å²) in [6.45, 7) is 7.81. The molecular formula is C26H34O3S. The van der Waals surface area contributed by atoms with Gasteiger partial charge in [-0.15, -0.1) is 11.8 Å². The van der Waals surface area contributed by atoms with Crippen molar-refractivity contribution < 1.29 is 14.3 Å². The standard InChI is InChI=1S/C26H34O3S/c1-4-7-15-28-23-18-21(19-24(20-23)29-16-8-5-2)9-14-26(27)22-10-12-25(13-11-22)30-17-6-3/h9-14,18-20H,4-8,15-17H2,1-3H3/b14-9+. The number of carbonyl (C=O) groups excluding carboxylic acids is 1. The van der Waals surface area contributed by atoms with Crippen molar-refractivity contribution in [3.05, 3.63) is 59.7 Å². The van der Waals surface area contributed by atoms with E-state index >= 15 is 0 Å². The van der Waals surface area contributed by atoms with Crippen molar-refractivity contribution >= 4 is 23.6 Å². The molecule has 2 aromatic carbocycles. The molecule has 0 amide bonds. The first-order valence-electron chi connectivity index (χ1n) is 11.0. The summed E-state index contributed by atoms with van der Waals surface area (Å²) in [5, 5.41) is 0. The number of allylic oxidation sites excluding steroid dienone is 1. The number of unbranched alkanes of at least 4 members (excludes halogenated alkanes) is 2. The first-order chi connectivity index (χ1) is 14.7. The molecule has 0 fully saturated rings. The predicted molar refractivity (Wildman–Crippen MR) is 128 cm³/mol. The SMILES string of the molecule is CCCCOc1cc(/C=C/C(=O)c2ccc(SCCC)cc2)cc(OCCCC)c1. The fraction of sp³-hybridized carbons (Fsp3) is 0.423. The molecule has 0 aliphatic heterocycles. The molecule has 30 heavy (non-hydrogen) atoms. The fourth-order valence-corrected chi connectivity index (χ4v) is 3.50. The quantitative estimate of drug-likeness (QED) is 0.136. The molecule has 0 radical (unpaired) electrons. The molecule has 0 saturated heterocycles. The van der Waals surface area contributed by atoms with Gasteiger partial charge in [-0.05, 0) is 73.1 Å². The maximum absolute atomic E-state index is 12.6. The Kier molecular flexibility index (Phi) is 11.2. The Labute approximate surface area is 185 Å². The van der Waals surface area contributed by atoms with Crippen molar-refractivity contribution in [2.75, 3.05) is 19.0 Å². The summed E-state index contributed by atoms with van der Waals surface area (Å²) in [6.07, 6.45) is 8.79. The Morgan fingerprint density at radius 2 is 1.47 bits per heavy atom. The number of benzene rings is 2. The van der Waals surface area contributed by atoms with Crippen LogP contribution < -0.4 is 9.47 Å². The highest BCUT2D eigenvalue weighted by molar-refractivity contribution is 7.99. The summed E-state index contributed by atoms with van der Waals surface area (Å²) in [5.41, 5.74) is 1.60. The van der Waals surface area contributed by atoms with Crippen LogP contribution in [0.4, 0.5) is 0 Å². The van der Waals surface area contributed by atoms with E-state index in [4.69, 9.17) is 9.47 Å². The topological polar surface area (TPSA) is 35.5 Å². The van der Waals surface area contributed by atoms with Gasteiger partial charge in [0, 0.05) is 16.5 Å². The molecule has 0 aliphatic carbocycles. The van der Waals surface area contributed by atoms with E-state index in [9.17, 15) is 4.79 Å². The van der Waals surface area contributed by atoms with Crippen LogP contribution in [0.5, 0.6) is 11.5 Å². The van der Waals surface area contributed by atoms with E-state index in [-0.39, 0.29) is 5.78 Å². The van der Waals surface area contributed by atoms with Crippen molar-refractivity contribution in [2.45, 2.75) is 57.8 Å². The van der Waals surface area contributed by atoms with Crippen LogP contribution in [0.2, 0.25) is 0 Å². The van der Waals surface area contributed by atoms with Gasteiger partial charge in [-0.25, -0.2) is 0 Å². The smallest absolute Gasteiger partial charge is 0.185 e. The zero-order valence-corrected chi connectivity index (χ0v) is 19.3. The van der Waals surface area contributed by atoms with E-state index in [0.717, 1.165) is 54.9 Å². The summed E-state index contributed by atoms with van der Waals surface area (Å²) >= 11 is 1.81. The second-order valence-electron chi connectivity index (χ2n) is 7.21. The highest BCUT2D eigenvalue weighted by Gasteiger charge is 2.05. The van der Waals surface area contributed by atoms with E-state index in [2.05, 4.69) is 20.8 Å². The van der Waals surface area contributed by atoms with Gasteiger partial charge in [-0.2, -0.15) is 0 Å². The largest absolute Gasteiger partial charge is 0.493 e. The van der Waals surface area contributed by atoms with Gasteiger partial charge in [0.15, 0.2) is 5.78 Å². The van der Waals surface area contributed by atoms with E-state index in [1.807, 2.05) is 60.3 Å². The lowest BCUT2D eigenvalue weighted by atomic mass is 10.1. The van der Waals surface area contributed by atoms with Gasteiger partial charge in [-0.1, -0.05) is 39.7 Å². The molecule has 0 saturated carbocycles. The Morgan fingerprint density at radius 1 is 0.867 bits per heavy atom. The lowest BCUT2D eigenvalue weighted by Crippen LogP contribution is -2.00. The third kappa shape index (κ3) is 8.66. The summed E-state index contributed by atoms with van der Waals surface area (Å²) in [7, 11) is 0. The van der Waals surface area contributed by atoms with Gasteiger partial charge >= 0.3 is 0 Å². The van der Waals surface area contributed by atoms with Crippen LogP contribution in [0.15, 0.2) is 53.4 Å². The lowest BCUT2D eigenvalue weighted by Gasteiger charge is -2.11. The molecule has 3 nitrogen and oxygen atoms in total. The fourth-order valence-electron chi connectivity index (χ4n) is 2.73. The molecule has 2 rings (SSSR count). The number of carbonyl (C=O) groups is 1. The molecule has 0 aromatic heterocycles. The summed E-state index contributed by atoms with van der Waals surface area (Å²) in [4.78, 5) is 13.8. The molecule has 2 aromatic rings. The van der Waals surface area contributed by atoms with Crippen LogP contribution in [0.1, 0.15) is 68.8 Å². The number of hydrogen-bond acceptors (Lipinski definition) is 4. The molecule has 162 valence electrons. The highest BCUT2D eigenvalue weighted by atomic mass is 32.2. The molecule has 0 bridgehead atoms. The molecule has 0 heterocycles. The van der Waals surface area contributed by atoms with Gasteiger partial charge in [0.05, 0.1) is 13.2 Å². The molecule has 4 heteroatoms. The van der Waals surface area contributed by atoms with Crippen LogP contribution >= 0.6 is 11.8 Å². The van der Waals surface area contributed by atoms with E-state index in [1.165, 1.54) is 4.90 Å². The third-order valence-electron chi connectivity index (χ3n) is 4.47. The minimum atomic E-state index is -0.00667. The third-order valence-corrected chi connectivity index (χ3v) is 5.69. The lowest BCUT2D eigenvalue weighted by molar-refractivity contribution is 0.104. The van der Waals surface area contributed by atoms with Crippen molar-refractivity contribution in [3.63, 3.8) is 0 Å². The maximum Gasteiger partial charge on any atom is 0.185 e. The zero-order valence-electron chi connectivity index (χ0n) is 18.5. The molecule has 0 N–H and O–H groups in total. The second kappa shape index (κ2) is 13.9.